The summed E-state index contributed by atoms with van der Waals surface area (Å²) in [6.07, 6.45) is 0. The Balaban J connectivity index is 3.14. The van der Waals surface area contributed by atoms with E-state index >= 15 is 0 Å². The van der Waals surface area contributed by atoms with Gasteiger partial charge in [0, 0.05) is 9.81 Å². The molecule has 1 aromatic heterocycles. The second-order valence-electron chi connectivity index (χ2n) is 1.56. The molecule has 0 amide bonds. The minimum absolute atomic E-state index is 0.0169. The van der Waals surface area contributed by atoms with Crippen molar-refractivity contribution in [3.8, 4) is 0 Å². The van der Waals surface area contributed by atoms with Crippen molar-refractivity contribution >= 4 is 21.7 Å². The molecule has 0 aromatic carbocycles. The maximum Gasteiger partial charge on any atom is 0.137 e. The Morgan fingerprint density at radius 3 is 3.11 bits per heavy atom. The molecule has 48 valence electrons. The van der Waals surface area contributed by atoms with Crippen LogP contribution in [0.15, 0.2) is 16.6 Å². The van der Waals surface area contributed by atoms with Crippen LogP contribution in [-0.4, -0.2) is 4.98 Å². The third kappa shape index (κ3) is 1.42. The largest absolute Gasteiger partial charge is 0.383 e. The summed E-state index contributed by atoms with van der Waals surface area (Å²) in [5, 5.41) is 0. The normalized spacial score (nSPS) is 15.9. The SMILES string of the molecule is [2H]C([2H])([2H])c1ccc(Br)c(N)n1. The summed E-state index contributed by atoms with van der Waals surface area (Å²) in [6, 6.07) is 3.00. The van der Waals surface area contributed by atoms with Gasteiger partial charge in [0.1, 0.15) is 5.82 Å². The lowest BCUT2D eigenvalue weighted by atomic mass is 10.4. The second-order valence-corrected chi connectivity index (χ2v) is 2.42. The van der Waals surface area contributed by atoms with Gasteiger partial charge >= 0.3 is 0 Å². The molecule has 3 heteroatoms. The van der Waals surface area contributed by atoms with Gasteiger partial charge in [0.2, 0.25) is 0 Å². The molecule has 2 nitrogen and oxygen atoms in total. The van der Waals surface area contributed by atoms with E-state index in [1.165, 1.54) is 6.07 Å². The molecule has 9 heavy (non-hydrogen) atoms. The van der Waals surface area contributed by atoms with E-state index in [4.69, 9.17) is 9.85 Å². The van der Waals surface area contributed by atoms with Crippen LogP contribution < -0.4 is 5.73 Å². The number of nitrogens with two attached hydrogens (primary N) is 1. The number of halogens is 1. The highest BCUT2D eigenvalue weighted by Gasteiger charge is 1.93. The maximum atomic E-state index is 7.04. The molecular formula is C6H7BrN2. The highest BCUT2D eigenvalue weighted by Crippen LogP contribution is 2.15. The lowest BCUT2D eigenvalue weighted by molar-refractivity contribution is 1.20. The van der Waals surface area contributed by atoms with E-state index in [2.05, 4.69) is 20.9 Å². The van der Waals surface area contributed by atoms with E-state index in [0.717, 1.165) is 0 Å². The van der Waals surface area contributed by atoms with Crippen LogP contribution in [0.5, 0.6) is 0 Å². The fourth-order valence-corrected chi connectivity index (χ4v) is 0.679. The Kier molecular flexibility index (Phi) is 0.931. The van der Waals surface area contributed by atoms with E-state index in [1.54, 1.807) is 6.07 Å². The molecule has 1 rings (SSSR count). The summed E-state index contributed by atoms with van der Waals surface area (Å²) in [5.74, 6) is 0.198. The molecule has 0 fully saturated rings. The summed E-state index contributed by atoms with van der Waals surface area (Å²) in [7, 11) is 0. The van der Waals surface area contributed by atoms with Gasteiger partial charge in [0.15, 0.2) is 0 Å². The van der Waals surface area contributed by atoms with Crippen LogP contribution in [0, 0.1) is 6.85 Å². The molecule has 0 aliphatic rings. The Bertz CT molecular complexity index is 297. The monoisotopic (exact) mass is 189 g/mol. The lowest BCUT2D eigenvalue weighted by Crippen LogP contribution is -1.92. The van der Waals surface area contributed by atoms with Gasteiger partial charge in [-0.1, -0.05) is 0 Å². The molecule has 0 bridgehead atoms. The van der Waals surface area contributed by atoms with Gasteiger partial charge in [0.05, 0.1) is 4.47 Å². The summed E-state index contributed by atoms with van der Waals surface area (Å²) >= 11 is 3.12. The van der Waals surface area contributed by atoms with Gasteiger partial charge < -0.3 is 5.73 Å². The minimum Gasteiger partial charge on any atom is -0.383 e. The fourth-order valence-electron chi connectivity index (χ4n) is 0.458. The van der Waals surface area contributed by atoms with E-state index in [9.17, 15) is 0 Å². The molecule has 2 N–H and O–H groups in total. The first kappa shape index (κ1) is 3.56. The molecule has 1 aromatic rings. The predicted molar refractivity (Wildman–Crippen MR) is 41.1 cm³/mol. The Labute approximate surface area is 66.4 Å². The average molecular weight is 190 g/mol. The molecule has 1 heterocycles. The van der Waals surface area contributed by atoms with Gasteiger partial charge in [-0.05, 0) is 34.9 Å². The Morgan fingerprint density at radius 2 is 2.56 bits per heavy atom. The van der Waals surface area contributed by atoms with Crippen molar-refractivity contribution in [3.63, 3.8) is 0 Å². The number of aryl methyl sites for hydroxylation is 1. The van der Waals surface area contributed by atoms with Crippen LogP contribution in [-0.2, 0) is 0 Å². The average Bonchev–Trinajstić information content (AvgIpc) is 1.92. The zero-order valence-corrected chi connectivity index (χ0v) is 6.14. The van der Waals surface area contributed by atoms with Crippen LogP contribution in [0.1, 0.15) is 9.81 Å². The number of nitrogen functional groups attached to an aromatic ring is 1. The first-order valence-corrected chi connectivity index (χ1v) is 3.13. The topological polar surface area (TPSA) is 38.9 Å². The zero-order chi connectivity index (χ0) is 9.35. The smallest absolute Gasteiger partial charge is 0.137 e. The number of aromatic nitrogens is 1. The number of hydrogen-bond acceptors (Lipinski definition) is 2. The molecule has 0 aliphatic heterocycles. The minimum atomic E-state index is -2.19. The van der Waals surface area contributed by atoms with Crippen LogP contribution >= 0.6 is 15.9 Å². The fraction of sp³-hybridized carbons (Fsp3) is 0.167. The van der Waals surface area contributed by atoms with E-state index in [0.29, 0.717) is 4.47 Å². The summed E-state index contributed by atoms with van der Waals surface area (Å²) in [5.41, 5.74) is 5.43. The van der Waals surface area contributed by atoms with Crippen molar-refractivity contribution < 1.29 is 4.11 Å². The van der Waals surface area contributed by atoms with Crippen LogP contribution in [0.2, 0.25) is 0 Å². The summed E-state index contributed by atoms with van der Waals surface area (Å²) in [6.45, 7) is -2.19. The van der Waals surface area contributed by atoms with E-state index in [1.807, 2.05) is 0 Å². The number of nitrogens with zero attached hydrogens (tertiary/aromatic N) is 1. The molecular weight excluding hydrogens is 180 g/mol. The van der Waals surface area contributed by atoms with Crippen molar-refractivity contribution in [3.05, 3.63) is 22.3 Å². The molecule has 0 aliphatic carbocycles. The Hall–Kier alpha value is -0.570. The van der Waals surface area contributed by atoms with Gasteiger partial charge in [-0.2, -0.15) is 0 Å². The number of anilines is 1. The molecule has 0 spiro atoms. The third-order valence-corrected chi connectivity index (χ3v) is 1.54. The van der Waals surface area contributed by atoms with Crippen molar-refractivity contribution in [1.29, 1.82) is 0 Å². The lowest BCUT2D eigenvalue weighted by Gasteiger charge is -1.95. The number of pyridine rings is 1. The third-order valence-electron chi connectivity index (χ3n) is 0.873. The van der Waals surface area contributed by atoms with Crippen LogP contribution in [0.3, 0.4) is 0 Å². The molecule has 0 unspecified atom stereocenters. The van der Waals surface area contributed by atoms with Crippen LogP contribution in [0.4, 0.5) is 5.82 Å². The second kappa shape index (κ2) is 2.35. The summed E-state index contributed by atoms with van der Waals surface area (Å²) in [4.78, 5) is 3.71. The van der Waals surface area contributed by atoms with E-state index < -0.39 is 6.85 Å². The summed E-state index contributed by atoms with van der Waals surface area (Å²) < 4.78 is 21.7. The maximum absolute atomic E-state index is 7.04. The first-order chi connectivity index (χ1) is 5.41. The Morgan fingerprint density at radius 1 is 1.78 bits per heavy atom. The molecule has 0 atom stereocenters. The van der Waals surface area contributed by atoms with Crippen molar-refractivity contribution in [2.75, 3.05) is 5.73 Å². The van der Waals surface area contributed by atoms with Gasteiger partial charge in [0.25, 0.3) is 0 Å². The molecule has 0 saturated heterocycles. The predicted octanol–water partition coefficient (Wildman–Crippen LogP) is 1.73. The number of rotatable bonds is 0. The quantitative estimate of drug-likeness (QED) is 0.676. The standard InChI is InChI=1S/C6H7BrN2/c1-4-2-3-5(7)6(8)9-4/h2-3H,1H3,(H2,8,9)/i1D3. The van der Waals surface area contributed by atoms with Crippen molar-refractivity contribution in [2.24, 2.45) is 0 Å². The molecule has 0 radical (unpaired) electrons. The highest BCUT2D eigenvalue weighted by molar-refractivity contribution is 9.10. The van der Waals surface area contributed by atoms with Gasteiger partial charge in [-0.3, -0.25) is 0 Å². The van der Waals surface area contributed by atoms with E-state index in [-0.39, 0.29) is 11.5 Å². The van der Waals surface area contributed by atoms with Gasteiger partial charge in [-0.25, -0.2) is 4.98 Å². The van der Waals surface area contributed by atoms with Crippen molar-refractivity contribution in [1.82, 2.24) is 4.98 Å². The number of hydrogen-bond donors (Lipinski definition) is 1. The first-order valence-electron chi connectivity index (χ1n) is 3.84. The van der Waals surface area contributed by atoms with Crippen molar-refractivity contribution in [2.45, 2.75) is 6.85 Å². The van der Waals surface area contributed by atoms with Gasteiger partial charge in [-0.15, -0.1) is 0 Å². The molecule has 0 saturated carbocycles. The zero-order valence-electron chi connectivity index (χ0n) is 7.56. The van der Waals surface area contributed by atoms with Crippen LogP contribution in [0.25, 0.3) is 0 Å². The highest BCUT2D eigenvalue weighted by atomic mass is 79.9.